The standard InChI is InChI=1S/C22H29N5O2/c1-29-19-4-2-3-18(13-19)26-22(28)8-5-16-9-11-27(12-10-16)21-14-20(23-15-24-21)25-17-6-7-17/h2-4,13-17H,5-12H2,1H3,(H,26,28)(H,23,24,25). The van der Waals surface area contributed by atoms with Crippen molar-refractivity contribution in [2.45, 2.75) is 44.6 Å². The first-order chi connectivity index (χ1) is 14.2. The highest BCUT2D eigenvalue weighted by Crippen LogP contribution is 2.28. The van der Waals surface area contributed by atoms with Crippen LogP contribution in [0.25, 0.3) is 0 Å². The van der Waals surface area contributed by atoms with E-state index in [0.717, 1.165) is 55.4 Å². The lowest BCUT2D eigenvalue weighted by Gasteiger charge is -2.32. The van der Waals surface area contributed by atoms with Gasteiger partial charge in [-0.2, -0.15) is 0 Å². The molecule has 1 saturated heterocycles. The van der Waals surface area contributed by atoms with Gasteiger partial charge in [-0.3, -0.25) is 4.79 Å². The first kappa shape index (κ1) is 19.5. The molecule has 0 spiro atoms. The van der Waals surface area contributed by atoms with Crippen LogP contribution in [-0.2, 0) is 4.79 Å². The van der Waals surface area contributed by atoms with Crippen LogP contribution >= 0.6 is 0 Å². The van der Waals surface area contributed by atoms with Crippen molar-refractivity contribution in [2.24, 2.45) is 5.92 Å². The molecule has 1 aromatic carbocycles. The van der Waals surface area contributed by atoms with Gasteiger partial charge in [0.2, 0.25) is 5.91 Å². The number of benzene rings is 1. The first-order valence-electron chi connectivity index (χ1n) is 10.5. The maximum absolute atomic E-state index is 12.3. The topological polar surface area (TPSA) is 79.4 Å². The number of carbonyl (C=O) groups is 1. The normalized spacial score (nSPS) is 17.1. The third-order valence-corrected chi connectivity index (χ3v) is 5.65. The Balaban J connectivity index is 1.21. The van der Waals surface area contributed by atoms with E-state index in [1.54, 1.807) is 13.4 Å². The maximum atomic E-state index is 12.3. The molecule has 154 valence electrons. The SMILES string of the molecule is COc1cccc(NC(=O)CCC2CCN(c3cc(NC4CC4)ncn3)CC2)c1. The summed E-state index contributed by atoms with van der Waals surface area (Å²) in [5.74, 6) is 3.31. The molecule has 0 atom stereocenters. The molecule has 0 bridgehead atoms. The minimum atomic E-state index is 0.0623. The van der Waals surface area contributed by atoms with E-state index in [-0.39, 0.29) is 5.91 Å². The van der Waals surface area contributed by atoms with Gasteiger partial charge in [-0.1, -0.05) is 6.07 Å². The van der Waals surface area contributed by atoms with Crippen molar-refractivity contribution in [1.29, 1.82) is 0 Å². The zero-order valence-corrected chi connectivity index (χ0v) is 16.9. The Morgan fingerprint density at radius 3 is 2.76 bits per heavy atom. The summed E-state index contributed by atoms with van der Waals surface area (Å²) >= 11 is 0. The summed E-state index contributed by atoms with van der Waals surface area (Å²) in [6.45, 7) is 1.95. The quantitative estimate of drug-likeness (QED) is 0.710. The molecule has 2 fully saturated rings. The monoisotopic (exact) mass is 395 g/mol. The lowest BCUT2D eigenvalue weighted by atomic mass is 9.92. The number of amides is 1. The lowest BCUT2D eigenvalue weighted by Crippen LogP contribution is -2.34. The number of nitrogens with zero attached hydrogens (tertiary/aromatic N) is 3. The Morgan fingerprint density at radius 2 is 2.00 bits per heavy atom. The van der Waals surface area contributed by atoms with Gasteiger partial charge in [0.15, 0.2) is 0 Å². The predicted molar refractivity (Wildman–Crippen MR) is 114 cm³/mol. The highest BCUT2D eigenvalue weighted by atomic mass is 16.5. The van der Waals surface area contributed by atoms with E-state index >= 15 is 0 Å². The second-order valence-electron chi connectivity index (χ2n) is 7.93. The van der Waals surface area contributed by atoms with Crippen molar-refractivity contribution in [3.8, 4) is 5.75 Å². The number of aromatic nitrogens is 2. The number of carbonyl (C=O) groups excluding carboxylic acids is 1. The Labute approximate surface area is 171 Å². The van der Waals surface area contributed by atoms with Gasteiger partial charge >= 0.3 is 0 Å². The third kappa shape index (κ3) is 5.59. The number of rotatable bonds is 8. The number of piperidine rings is 1. The van der Waals surface area contributed by atoms with Crippen molar-refractivity contribution in [3.63, 3.8) is 0 Å². The molecule has 7 nitrogen and oxygen atoms in total. The highest BCUT2D eigenvalue weighted by molar-refractivity contribution is 5.90. The van der Waals surface area contributed by atoms with Gasteiger partial charge in [0.05, 0.1) is 7.11 Å². The Morgan fingerprint density at radius 1 is 1.17 bits per heavy atom. The van der Waals surface area contributed by atoms with E-state index in [0.29, 0.717) is 18.4 Å². The zero-order chi connectivity index (χ0) is 20.1. The predicted octanol–water partition coefficient (Wildman–Crippen LogP) is 3.69. The van der Waals surface area contributed by atoms with Gasteiger partial charge in [-0.05, 0) is 50.2 Å². The van der Waals surface area contributed by atoms with Gasteiger partial charge in [0.1, 0.15) is 23.7 Å². The van der Waals surface area contributed by atoms with Crippen molar-refractivity contribution in [1.82, 2.24) is 9.97 Å². The fourth-order valence-corrected chi connectivity index (χ4v) is 3.75. The van der Waals surface area contributed by atoms with Gasteiger partial charge in [0.25, 0.3) is 0 Å². The van der Waals surface area contributed by atoms with Crippen LogP contribution in [0.1, 0.15) is 38.5 Å². The second kappa shape index (κ2) is 9.11. The number of nitrogens with one attached hydrogen (secondary N) is 2. The molecule has 4 rings (SSSR count). The number of anilines is 3. The molecule has 7 heteroatoms. The van der Waals surface area contributed by atoms with Crippen molar-refractivity contribution < 1.29 is 9.53 Å². The summed E-state index contributed by atoms with van der Waals surface area (Å²) in [5.41, 5.74) is 0.781. The third-order valence-electron chi connectivity index (χ3n) is 5.65. The maximum Gasteiger partial charge on any atom is 0.224 e. The van der Waals surface area contributed by atoms with Crippen LogP contribution in [0.15, 0.2) is 36.7 Å². The summed E-state index contributed by atoms with van der Waals surface area (Å²) in [5, 5.41) is 6.40. The highest BCUT2D eigenvalue weighted by Gasteiger charge is 2.23. The van der Waals surface area contributed by atoms with Crippen LogP contribution in [0.2, 0.25) is 0 Å². The molecule has 0 radical (unpaired) electrons. The second-order valence-corrected chi connectivity index (χ2v) is 7.93. The zero-order valence-electron chi connectivity index (χ0n) is 16.9. The van der Waals surface area contributed by atoms with Gasteiger partial charge in [-0.15, -0.1) is 0 Å². The summed E-state index contributed by atoms with van der Waals surface area (Å²) in [6, 6.07) is 10.1. The fraction of sp³-hybridized carbons (Fsp3) is 0.500. The Bertz CT molecular complexity index is 831. The molecule has 0 unspecified atom stereocenters. The van der Waals surface area contributed by atoms with Crippen LogP contribution in [0.4, 0.5) is 17.3 Å². The van der Waals surface area contributed by atoms with E-state index in [1.807, 2.05) is 24.3 Å². The molecular formula is C22H29N5O2. The molecular weight excluding hydrogens is 366 g/mol. The molecule has 1 aliphatic heterocycles. The van der Waals surface area contributed by atoms with Crippen LogP contribution in [0.5, 0.6) is 5.75 Å². The Hall–Kier alpha value is -2.83. The van der Waals surface area contributed by atoms with E-state index in [1.165, 1.54) is 12.8 Å². The molecule has 1 aliphatic carbocycles. The lowest BCUT2D eigenvalue weighted by molar-refractivity contribution is -0.116. The first-order valence-corrected chi connectivity index (χ1v) is 10.5. The molecule has 2 N–H and O–H groups in total. The van der Waals surface area contributed by atoms with Crippen LogP contribution in [-0.4, -0.2) is 42.1 Å². The number of ether oxygens (including phenoxy) is 1. The molecule has 1 saturated carbocycles. The van der Waals surface area contributed by atoms with Gasteiger partial charge in [0, 0.05) is 43.4 Å². The summed E-state index contributed by atoms with van der Waals surface area (Å²) in [6.07, 6.45) is 7.75. The molecule has 2 aromatic rings. The number of hydrogen-bond acceptors (Lipinski definition) is 6. The molecule has 29 heavy (non-hydrogen) atoms. The number of hydrogen-bond donors (Lipinski definition) is 2. The summed E-state index contributed by atoms with van der Waals surface area (Å²) < 4.78 is 5.20. The van der Waals surface area contributed by atoms with Crippen molar-refractivity contribution in [2.75, 3.05) is 35.7 Å². The van der Waals surface area contributed by atoms with Gasteiger partial charge in [-0.25, -0.2) is 9.97 Å². The van der Waals surface area contributed by atoms with E-state index in [9.17, 15) is 4.79 Å². The largest absolute Gasteiger partial charge is 0.497 e. The molecule has 1 aromatic heterocycles. The van der Waals surface area contributed by atoms with Crippen molar-refractivity contribution in [3.05, 3.63) is 36.7 Å². The molecule has 1 amide bonds. The van der Waals surface area contributed by atoms with E-state index in [4.69, 9.17) is 4.74 Å². The van der Waals surface area contributed by atoms with Crippen LogP contribution < -0.4 is 20.3 Å². The smallest absolute Gasteiger partial charge is 0.224 e. The minimum Gasteiger partial charge on any atom is -0.497 e. The summed E-state index contributed by atoms with van der Waals surface area (Å²) in [4.78, 5) is 23.4. The van der Waals surface area contributed by atoms with Gasteiger partial charge < -0.3 is 20.3 Å². The Kier molecular flexibility index (Phi) is 6.12. The van der Waals surface area contributed by atoms with E-state index < -0.39 is 0 Å². The van der Waals surface area contributed by atoms with Crippen LogP contribution in [0.3, 0.4) is 0 Å². The average Bonchev–Trinajstić information content (AvgIpc) is 3.57. The molecule has 2 aliphatic rings. The minimum absolute atomic E-state index is 0.0623. The number of methoxy groups -OCH3 is 1. The molecule has 2 heterocycles. The summed E-state index contributed by atoms with van der Waals surface area (Å²) in [7, 11) is 1.62. The van der Waals surface area contributed by atoms with Crippen molar-refractivity contribution >= 4 is 23.2 Å². The van der Waals surface area contributed by atoms with E-state index in [2.05, 4.69) is 31.6 Å². The average molecular weight is 396 g/mol. The van der Waals surface area contributed by atoms with Crippen LogP contribution in [0, 0.1) is 5.92 Å². The fourth-order valence-electron chi connectivity index (χ4n) is 3.75.